The highest BCUT2D eigenvalue weighted by atomic mass is 35.5. The molecule has 1 N–H and O–H groups in total. The van der Waals surface area contributed by atoms with Gasteiger partial charge in [-0.15, -0.1) is 0 Å². The minimum absolute atomic E-state index is 0.397. The maximum Gasteiger partial charge on any atom is 0.312 e. The minimum Gasteiger partial charge on any atom is -0.333 e. The van der Waals surface area contributed by atoms with Gasteiger partial charge in [0.25, 0.3) is 0 Å². The van der Waals surface area contributed by atoms with E-state index in [0.29, 0.717) is 24.7 Å². The Bertz CT molecular complexity index is 496. The first-order chi connectivity index (χ1) is 10.1. The van der Waals surface area contributed by atoms with Crippen molar-refractivity contribution < 1.29 is 9.59 Å². The number of nitrogens with one attached hydrogen (secondary N) is 1. The summed E-state index contributed by atoms with van der Waals surface area (Å²) >= 11 is 5.83. The van der Waals surface area contributed by atoms with Gasteiger partial charge in [-0.2, -0.15) is 0 Å². The zero-order valence-corrected chi connectivity index (χ0v) is 12.9. The average molecular weight is 310 g/mol. The molecule has 21 heavy (non-hydrogen) atoms. The zero-order valence-electron chi connectivity index (χ0n) is 12.1. The second-order valence-electron chi connectivity index (χ2n) is 5.18. The second-order valence-corrected chi connectivity index (χ2v) is 5.62. The third-order valence-electron chi connectivity index (χ3n) is 3.49. The highest BCUT2D eigenvalue weighted by molar-refractivity contribution is 6.34. The summed E-state index contributed by atoms with van der Waals surface area (Å²) in [6, 6.07) is 7.26. The monoisotopic (exact) mass is 309 g/mol. The van der Waals surface area contributed by atoms with E-state index in [1.54, 1.807) is 24.1 Å². The van der Waals surface area contributed by atoms with Gasteiger partial charge >= 0.3 is 11.8 Å². The number of benzene rings is 1. The van der Waals surface area contributed by atoms with Crippen molar-refractivity contribution in [3.8, 4) is 0 Å². The molecule has 0 unspecified atom stereocenters. The predicted molar refractivity (Wildman–Crippen MR) is 82.0 cm³/mol. The van der Waals surface area contributed by atoms with Crippen molar-refractivity contribution in [1.29, 1.82) is 0 Å². The third-order valence-corrected chi connectivity index (χ3v) is 3.74. The predicted octanol–water partition coefficient (Wildman–Crippen LogP) is 1.12. The summed E-state index contributed by atoms with van der Waals surface area (Å²) in [5.41, 5.74) is 0.945. The summed E-state index contributed by atoms with van der Waals surface area (Å²) in [7, 11) is 1.64. The normalized spacial score (nSPS) is 15.4. The van der Waals surface area contributed by atoms with E-state index in [1.807, 2.05) is 12.1 Å². The average Bonchev–Trinajstić information content (AvgIpc) is 2.77. The first kappa shape index (κ1) is 15.8. The summed E-state index contributed by atoms with van der Waals surface area (Å²) in [5.74, 6) is -0.887. The fourth-order valence-electron chi connectivity index (χ4n) is 2.28. The van der Waals surface area contributed by atoms with Crippen LogP contribution < -0.4 is 5.32 Å². The molecule has 0 saturated carbocycles. The summed E-state index contributed by atoms with van der Waals surface area (Å²) < 4.78 is 0. The highest BCUT2D eigenvalue weighted by Gasteiger charge is 2.25. The van der Waals surface area contributed by atoms with Crippen LogP contribution in [0.4, 0.5) is 0 Å². The van der Waals surface area contributed by atoms with Gasteiger partial charge < -0.3 is 15.1 Å². The van der Waals surface area contributed by atoms with Crippen molar-refractivity contribution in [1.82, 2.24) is 15.1 Å². The van der Waals surface area contributed by atoms with Crippen LogP contribution in [0.5, 0.6) is 0 Å². The molecule has 1 fully saturated rings. The smallest absolute Gasteiger partial charge is 0.312 e. The van der Waals surface area contributed by atoms with E-state index >= 15 is 0 Å². The molecule has 5 nitrogen and oxygen atoms in total. The lowest BCUT2D eigenvalue weighted by molar-refractivity contribution is -0.151. The number of halogens is 1. The van der Waals surface area contributed by atoms with Crippen LogP contribution in [-0.4, -0.2) is 54.8 Å². The standard InChI is InChI=1S/C15H20ClN3O2/c1-18(11-12-3-5-13(16)6-4-12)14(20)15(21)19-9-2-7-17-8-10-19/h3-6,17H,2,7-11H2,1H3. The molecule has 6 heteroatoms. The van der Waals surface area contributed by atoms with Crippen LogP contribution in [0, 0.1) is 0 Å². The van der Waals surface area contributed by atoms with E-state index in [-0.39, 0.29) is 0 Å². The SMILES string of the molecule is CN(Cc1ccc(Cl)cc1)C(=O)C(=O)N1CCCNCC1. The van der Waals surface area contributed by atoms with Crippen molar-refractivity contribution >= 4 is 23.4 Å². The molecular formula is C15H20ClN3O2. The van der Waals surface area contributed by atoms with E-state index in [1.165, 1.54) is 4.90 Å². The Morgan fingerprint density at radius 3 is 2.67 bits per heavy atom. The highest BCUT2D eigenvalue weighted by Crippen LogP contribution is 2.11. The molecular weight excluding hydrogens is 290 g/mol. The Hall–Kier alpha value is -1.59. The Balaban J connectivity index is 1.94. The number of hydrogen-bond donors (Lipinski definition) is 1. The maximum absolute atomic E-state index is 12.2. The zero-order chi connectivity index (χ0) is 15.2. The van der Waals surface area contributed by atoms with E-state index < -0.39 is 11.8 Å². The lowest BCUT2D eigenvalue weighted by Gasteiger charge is -2.23. The minimum atomic E-state index is -0.466. The number of carbonyl (C=O) groups is 2. The first-order valence-corrected chi connectivity index (χ1v) is 7.45. The second kappa shape index (κ2) is 7.43. The van der Waals surface area contributed by atoms with Gasteiger partial charge in [0, 0.05) is 38.2 Å². The Morgan fingerprint density at radius 1 is 1.24 bits per heavy atom. The van der Waals surface area contributed by atoms with Crippen molar-refractivity contribution in [3.63, 3.8) is 0 Å². The molecule has 0 bridgehead atoms. The van der Waals surface area contributed by atoms with E-state index in [9.17, 15) is 9.59 Å². The lowest BCUT2D eigenvalue weighted by atomic mass is 10.2. The van der Waals surface area contributed by atoms with Gasteiger partial charge in [-0.05, 0) is 30.7 Å². The quantitative estimate of drug-likeness (QED) is 0.833. The molecule has 0 aromatic heterocycles. The van der Waals surface area contributed by atoms with Gasteiger partial charge in [-0.25, -0.2) is 0 Å². The summed E-state index contributed by atoms with van der Waals surface area (Å²) in [6.45, 7) is 3.23. The van der Waals surface area contributed by atoms with Crippen molar-refractivity contribution in [3.05, 3.63) is 34.9 Å². The number of nitrogens with zero attached hydrogens (tertiary/aromatic N) is 2. The number of rotatable bonds is 2. The van der Waals surface area contributed by atoms with E-state index in [0.717, 1.165) is 25.1 Å². The number of likely N-dealkylation sites (N-methyl/N-ethyl adjacent to an activating group) is 1. The molecule has 2 amide bonds. The van der Waals surface area contributed by atoms with Crippen LogP contribution in [0.3, 0.4) is 0 Å². The molecule has 0 atom stereocenters. The van der Waals surface area contributed by atoms with Gasteiger partial charge in [0.2, 0.25) is 0 Å². The Labute approximate surface area is 129 Å². The maximum atomic E-state index is 12.2. The van der Waals surface area contributed by atoms with E-state index in [2.05, 4.69) is 5.32 Å². The van der Waals surface area contributed by atoms with E-state index in [4.69, 9.17) is 11.6 Å². The largest absolute Gasteiger partial charge is 0.333 e. The molecule has 1 heterocycles. The topological polar surface area (TPSA) is 52.7 Å². The molecule has 0 radical (unpaired) electrons. The number of amides is 2. The van der Waals surface area contributed by atoms with Crippen LogP contribution in [0.2, 0.25) is 5.02 Å². The molecule has 1 aromatic carbocycles. The lowest BCUT2D eigenvalue weighted by Crippen LogP contribution is -2.44. The van der Waals surface area contributed by atoms with Gasteiger partial charge in [-0.3, -0.25) is 9.59 Å². The summed E-state index contributed by atoms with van der Waals surface area (Å²) in [4.78, 5) is 27.5. The van der Waals surface area contributed by atoms with Crippen molar-refractivity contribution in [2.75, 3.05) is 33.2 Å². The van der Waals surface area contributed by atoms with Crippen LogP contribution >= 0.6 is 11.6 Å². The Kier molecular flexibility index (Phi) is 5.59. The van der Waals surface area contributed by atoms with Crippen molar-refractivity contribution in [2.24, 2.45) is 0 Å². The first-order valence-electron chi connectivity index (χ1n) is 7.07. The molecule has 114 valence electrons. The molecule has 2 rings (SSSR count). The number of hydrogen-bond acceptors (Lipinski definition) is 3. The molecule has 1 aliphatic heterocycles. The molecule has 1 aliphatic rings. The third kappa shape index (κ3) is 4.44. The van der Waals surface area contributed by atoms with Crippen LogP contribution in [0.25, 0.3) is 0 Å². The van der Waals surface area contributed by atoms with Crippen molar-refractivity contribution in [2.45, 2.75) is 13.0 Å². The van der Waals surface area contributed by atoms with Gasteiger partial charge in [0.1, 0.15) is 0 Å². The fraction of sp³-hybridized carbons (Fsp3) is 0.467. The molecule has 1 saturated heterocycles. The van der Waals surface area contributed by atoms with Gasteiger partial charge in [0.05, 0.1) is 0 Å². The summed E-state index contributed by atoms with van der Waals surface area (Å²) in [5, 5.41) is 3.87. The molecule has 0 spiro atoms. The molecule has 1 aromatic rings. The van der Waals surface area contributed by atoms with Gasteiger partial charge in [0.15, 0.2) is 0 Å². The molecule has 0 aliphatic carbocycles. The van der Waals surface area contributed by atoms with Crippen LogP contribution in [0.15, 0.2) is 24.3 Å². The van der Waals surface area contributed by atoms with Crippen LogP contribution in [0.1, 0.15) is 12.0 Å². The Morgan fingerprint density at radius 2 is 1.95 bits per heavy atom. The van der Waals surface area contributed by atoms with Crippen LogP contribution in [-0.2, 0) is 16.1 Å². The summed E-state index contributed by atoms with van der Waals surface area (Å²) in [6.07, 6.45) is 0.875. The number of carbonyl (C=O) groups excluding carboxylic acids is 2. The fourth-order valence-corrected chi connectivity index (χ4v) is 2.41. The van der Waals surface area contributed by atoms with Gasteiger partial charge in [-0.1, -0.05) is 23.7 Å².